The molecule has 0 atom stereocenters. The quantitative estimate of drug-likeness (QED) is 0.680. The molecule has 4 rings (SSSR count). The highest BCUT2D eigenvalue weighted by Crippen LogP contribution is 2.20. The molecule has 0 unspecified atom stereocenters. The molecule has 1 aliphatic heterocycles. The zero-order chi connectivity index (χ0) is 21.1. The smallest absolute Gasteiger partial charge is 0.246 e. The van der Waals surface area contributed by atoms with Crippen LogP contribution in [0.4, 0.5) is 5.82 Å². The Morgan fingerprint density at radius 1 is 1.23 bits per heavy atom. The number of hydrogen-bond donors (Lipinski definition) is 1. The second-order valence-electron chi connectivity index (χ2n) is 7.51. The summed E-state index contributed by atoms with van der Waals surface area (Å²) in [6.45, 7) is 1.44. The van der Waals surface area contributed by atoms with Crippen molar-refractivity contribution < 1.29 is 9.59 Å². The predicted molar refractivity (Wildman–Crippen MR) is 116 cm³/mol. The first kappa shape index (κ1) is 19.7. The van der Waals surface area contributed by atoms with Crippen LogP contribution < -0.4 is 5.32 Å². The largest absolute Gasteiger partial charge is 0.338 e. The van der Waals surface area contributed by atoms with Gasteiger partial charge in [0.2, 0.25) is 11.8 Å². The summed E-state index contributed by atoms with van der Waals surface area (Å²) in [6.07, 6.45) is 6.73. The zero-order valence-corrected chi connectivity index (χ0v) is 17.0. The van der Waals surface area contributed by atoms with Crippen molar-refractivity contribution in [2.24, 2.45) is 0 Å². The Morgan fingerprint density at radius 2 is 2.07 bits per heavy atom. The Kier molecular flexibility index (Phi) is 5.54. The Labute approximate surface area is 175 Å². The number of likely N-dealkylation sites (N-methyl/N-ethyl adjacent to an activating group) is 2. The number of hydrogen-bond acceptors (Lipinski definition) is 5. The van der Waals surface area contributed by atoms with Crippen LogP contribution in [0, 0.1) is 0 Å². The molecule has 0 spiro atoms. The van der Waals surface area contributed by atoms with Gasteiger partial charge in [-0.3, -0.25) is 19.5 Å². The second kappa shape index (κ2) is 8.42. The Balaban J connectivity index is 1.47. The first-order valence-corrected chi connectivity index (χ1v) is 9.73. The molecule has 2 amide bonds. The maximum Gasteiger partial charge on any atom is 0.246 e. The van der Waals surface area contributed by atoms with Gasteiger partial charge in [-0.05, 0) is 42.4 Å². The first-order valence-electron chi connectivity index (χ1n) is 9.73. The Bertz CT molecular complexity index is 1140. The van der Waals surface area contributed by atoms with Crippen LogP contribution in [0.5, 0.6) is 0 Å². The predicted octanol–water partition coefficient (Wildman–Crippen LogP) is 2.69. The molecule has 1 N–H and O–H groups in total. The minimum atomic E-state index is -0.101. The SMILES string of the molecule is CN1CC(=O)Nc2ncc(/C=C/C(=O)N(C)Cc3ccnc4ccccc34)cc2C1. The molecule has 3 aromatic rings. The van der Waals surface area contributed by atoms with E-state index in [9.17, 15) is 9.59 Å². The van der Waals surface area contributed by atoms with Gasteiger partial charge in [-0.2, -0.15) is 0 Å². The molecule has 7 nitrogen and oxygen atoms in total. The lowest BCUT2D eigenvalue weighted by Gasteiger charge is -2.16. The Hall–Kier alpha value is -3.58. The number of para-hydroxylation sites is 1. The highest BCUT2D eigenvalue weighted by molar-refractivity contribution is 5.93. The van der Waals surface area contributed by atoms with Crippen molar-refractivity contribution in [2.45, 2.75) is 13.1 Å². The molecule has 1 aromatic carbocycles. The molecule has 0 radical (unpaired) electrons. The lowest BCUT2D eigenvalue weighted by atomic mass is 10.1. The number of anilines is 1. The minimum absolute atomic E-state index is 0.0764. The van der Waals surface area contributed by atoms with E-state index >= 15 is 0 Å². The molecular formula is C23H23N5O2. The van der Waals surface area contributed by atoms with Crippen LogP contribution in [0.15, 0.2) is 54.9 Å². The summed E-state index contributed by atoms with van der Waals surface area (Å²) < 4.78 is 0. The molecule has 3 heterocycles. The van der Waals surface area contributed by atoms with Gasteiger partial charge in [-0.25, -0.2) is 4.98 Å². The maximum atomic E-state index is 12.6. The second-order valence-corrected chi connectivity index (χ2v) is 7.51. The van der Waals surface area contributed by atoms with Crippen molar-refractivity contribution >= 4 is 34.6 Å². The molecule has 152 valence electrons. The third-order valence-corrected chi connectivity index (χ3v) is 5.04. The molecule has 0 saturated heterocycles. The summed E-state index contributed by atoms with van der Waals surface area (Å²) in [5.74, 6) is 0.401. The molecule has 0 saturated carbocycles. The van der Waals surface area contributed by atoms with Crippen molar-refractivity contribution in [1.29, 1.82) is 0 Å². The average molecular weight is 401 g/mol. The first-order chi connectivity index (χ1) is 14.5. The molecular weight excluding hydrogens is 378 g/mol. The van der Waals surface area contributed by atoms with Crippen molar-refractivity contribution in [2.75, 3.05) is 26.0 Å². The molecule has 1 aliphatic rings. The molecule has 30 heavy (non-hydrogen) atoms. The van der Waals surface area contributed by atoms with E-state index in [0.29, 0.717) is 25.5 Å². The number of carbonyl (C=O) groups is 2. The summed E-state index contributed by atoms with van der Waals surface area (Å²) >= 11 is 0. The highest BCUT2D eigenvalue weighted by Gasteiger charge is 2.17. The van der Waals surface area contributed by atoms with Gasteiger partial charge in [-0.1, -0.05) is 18.2 Å². The number of aromatic nitrogens is 2. The van der Waals surface area contributed by atoms with Gasteiger partial charge < -0.3 is 10.2 Å². The third-order valence-electron chi connectivity index (χ3n) is 5.04. The number of benzene rings is 1. The normalized spacial score (nSPS) is 14.4. The summed E-state index contributed by atoms with van der Waals surface area (Å²) in [7, 11) is 3.67. The van der Waals surface area contributed by atoms with Crippen LogP contribution >= 0.6 is 0 Å². The summed E-state index contributed by atoms with van der Waals surface area (Å²) in [5, 5.41) is 3.85. The number of nitrogens with one attached hydrogen (secondary N) is 1. The highest BCUT2D eigenvalue weighted by atomic mass is 16.2. The zero-order valence-electron chi connectivity index (χ0n) is 17.0. The monoisotopic (exact) mass is 401 g/mol. The minimum Gasteiger partial charge on any atom is -0.338 e. The van der Waals surface area contributed by atoms with Crippen molar-refractivity contribution in [1.82, 2.24) is 19.8 Å². The summed E-state index contributed by atoms with van der Waals surface area (Å²) in [6, 6.07) is 11.8. The van der Waals surface area contributed by atoms with Gasteiger partial charge in [-0.15, -0.1) is 0 Å². The molecule has 0 bridgehead atoms. The van der Waals surface area contributed by atoms with Crippen LogP contribution in [0.1, 0.15) is 16.7 Å². The van der Waals surface area contributed by atoms with E-state index in [1.54, 1.807) is 36.5 Å². The van der Waals surface area contributed by atoms with E-state index in [0.717, 1.165) is 27.6 Å². The number of pyridine rings is 2. The molecule has 0 aliphatic carbocycles. The van der Waals surface area contributed by atoms with Crippen LogP contribution in [-0.4, -0.2) is 52.2 Å². The van der Waals surface area contributed by atoms with E-state index in [4.69, 9.17) is 0 Å². The van der Waals surface area contributed by atoms with Crippen molar-refractivity contribution in [3.05, 3.63) is 71.6 Å². The van der Waals surface area contributed by atoms with Gasteiger partial charge >= 0.3 is 0 Å². The van der Waals surface area contributed by atoms with E-state index < -0.39 is 0 Å². The molecule has 0 fully saturated rings. The van der Waals surface area contributed by atoms with E-state index in [1.165, 1.54) is 0 Å². The van der Waals surface area contributed by atoms with Gasteiger partial charge in [0.25, 0.3) is 0 Å². The van der Waals surface area contributed by atoms with E-state index in [-0.39, 0.29) is 11.8 Å². The van der Waals surface area contributed by atoms with Crippen LogP contribution in [0.25, 0.3) is 17.0 Å². The van der Waals surface area contributed by atoms with Gasteiger partial charge in [0.1, 0.15) is 5.82 Å². The third kappa shape index (κ3) is 4.36. The average Bonchev–Trinajstić information content (AvgIpc) is 2.88. The fourth-order valence-corrected chi connectivity index (χ4v) is 3.54. The van der Waals surface area contributed by atoms with Gasteiger partial charge in [0, 0.05) is 49.6 Å². The Morgan fingerprint density at radius 3 is 2.93 bits per heavy atom. The lowest BCUT2D eigenvalue weighted by Crippen LogP contribution is -2.26. The number of carbonyl (C=O) groups excluding carboxylic acids is 2. The van der Waals surface area contributed by atoms with Crippen LogP contribution in [0.3, 0.4) is 0 Å². The summed E-state index contributed by atoms with van der Waals surface area (Å²) in [4.78, 5) is 36.7. The molecule has 7 heteroatoms. The fourth-order valence-electron chi connectivity index (χ4n) is 3.54. The number of nitrogens with zero attached hydrogens (tertiary/aromatic N) is 4. The topological polar surface area (TPSA) is 78.4 Å². The van der Waals surface area contributed by atoms with Crippen molar-refractivity contribution in [3.63, 3.8) is 0 Å². The maximum absolute atomic E-state index is 12.6. The standard InChI is InChI=1S/C23H23N5O2/c1-27-13-18-11-16(12-25-23(18)26-21(29)15-27)7-8-22(30)28(2)14-17-9-10-24-20-6-4-3-5-19(17)20/h3-12H,13-15H2,1-2H3,(H,25,26,29)/b8-7+. The van der Waals surface area contributed by atoms with Crippen LogP contribution in [-0.2, 0) is 22.7 Å². The number of fused-ring (bicyclic) bond motifs is 2. The van der Waals surface area contributed by atoms with E-state index in [1.807, 2.05) is 48.3 Å². The van der Waals surface area contributed by atoms with Gasteiger partial charge in [0.05, 0.1) is 12.1 Å². The lowest BCUT2D eigenvalue weighted by molar-refractivity contribution is -0.125. The van der Waals surface area contributed by atoms with Crippen molar-refractivity contribution in [3.8, 4) is 0 Å². The van der Waals surface area contributed by atoms with E-state index in [2.05, 4.69) is 15.3 Å². The van der Waals surface area contributed by atoms with Gasteiger partial charge in [0.15, 0.2) is 0 Å². The fraction of sp³-hybridized carbons (Fsp3) is 0.217. The number of amides is 2. The summed E-state index contributed by atoms with van der Waals surface area (Å²) in [5.41, 5.74) is 3.71. The van der Waals surface area contributed by atoms with Crippen LogP contribution in [0.2, 0.25) is 0 Å². The molecule has 2 aromatic heterocycles. The number of rotatable bonds is 4.